The Kier molecular flexibility index (Phi) is 10.8. The zero-order valence-corrected chi connectivity index (χ0v) is 25.6. The molecule has 2 aromatic carbocycles. The summed E-state index contributed by atoms with van der Waals surface area (Å²) in [5.41, 5.74) is 2.47. The summed E-state index contributed by atoms with van der Waals surface area (Å²) in [5, 5.41) is 13.2. The predicted octanol–water partition coefficient (Wildman–Crippen LogP) is 7.15. The first-order valence-corrected chi connectivity index (χ1v) is 16.4. The Hall–Kier alpha value is -2.64. The molecule has 210 valence electrons. The molecule has 0 aliphatic carbocycles. The van der Waals surface area contributed by atoms with E-state index in [1.807, 2.05) is 82.3 Å². The third kappa shape index (κ3) is 10.3. The van der Waals surface area contributed by atoms with Gasteiger partial charge >= 0.3 is 12.1 Å². The third-order valence-electron chi connectivity index (χ3n) is 7.17. The number of carbonyl (C=O) groups is 2. The van der Waals surface area contributed by atoms with Gasteiger partial charge in [0, 0.05) is 0 Å². The summed E-state index contributed by atoms with van der Waals surface area (Å²) in [4.78, 5) is 25.5. The molecule has 6 nitrogen and oxygen atoms in total. The lowest BCUT2D eigenvalue weighted by molar-refractivity contribution is -0.142. The van der Waals surface area contributed by atoms with E-state index in [0.29, 0.717) is 12.8 Å². The van der Waals surface area contributed by atoms with E-state index in [0.717, 1.165) is 16.7 Å². The van der Waals surface area contributed by atoms with Crippen molar-refractivity contribution in [1.29, 1.82) is 0 Å². The van der Waals surface area contributed by atoms with Crippen molar-refractivity contribution in [2.75, 3.05) is 0 Å². The van der Waals surface area contributed by atoms with E-state index in [4.69, 9.17) is 9.16 Å². The van der Waals surface area contributed by atoms with E-state index in [2.05, 4.69) is 39.2 Å². The summed E-state index contributed by atoms with van der Waals surface area (Å²) in [6.07, 6.45) is 0.0966. The number of nitrogens with one attached hydrogen (secondary N) is 1. The summed E-state index contributed by atoms with van der Waals surface area (Å²) in [6, 6.07) is 17.4. The maximum absolute atomic E-state index is 13.0. The van der Waals surface area contributed by atoms with Crippen molar-refractivity contribution in [3.05, 3.63) is 71.3 Å². The van der Waals surface area contributed by atoms with E-state index in [1.165, 1.54) is 0 Å². The van der Waals surface area contributed by atoms with Gasteiger partial charge in [-0.15, -0.1) is 0 Å². The maximum Gasteiger partial charge on any atom is 0.407 e. The molecule has 2 rings (SSSR count). The molecular weight excluding hydrogens is 494 g/mol. The minimum absolute atomic E-state index is 0.0931. The number of rotatable bonds is 11. The topological polar surface area (TPSA) is 84.9 Å². The molecule has 2 N–H and O–H groups in total. The van der Waals surface area contributed by atoms with Crippen molar-refractivity contribution in [2.45, 2.75) is 104 Å². The third-order valence-corrected chi connectivity index (χ3v) is 11.7. The van der Waals surface area contributed by atoms with Crippen LogP contribution >= 0.6 is 0 Å². The van der Waals surface area contributed by atoms with Gasteiger partial charge in [-0.1, -0.05) is 80.9 Å². The number of amides is 1. The minimum Gasteiger partial charge on any atom is -0.481 e. The second-order valence-electron chi connectivity index (χ2n) is 12.8. The highest BCUT2D eigenvalue weighted by Gasteiger charge is 2.42. The Morgan fingerprint density at radius 3 is 1.95 bits per heavy atom. The van der Waals surface area contributed by atoms with Gasteiger partial charge in [0.15, 0.2) is 8.32 Å². The number of benzene rings is 2. The number of hydrogen-bond donors (Lipinski definition) is 2. The molecule has 0 unspecified atom stereocenters. The molecule has 0 aliphatic heterocycles. The first kappa shape index (κ1) is 31.6. The first-order valence-electron chi connectivity index (χ1n) is 13.5. The van der Waals surface area contributed by atoms with Gasteiger partial charge < -0.3 is 19.6 Å². The monoisotopic (exact) mass is 541 g/mol. The number of hydrogen-bond acceptors (Lipinski definition) is 4. The smallest absolute Gasteiger partial charge is 0.407 e. The normalized spacial score (nSPS) is 14.9. The molecule has 0 aromatic heterocycles. The van der Waals surface area contributed by atoms with Gasteiger partial charge in [0.1, 0.15) is 5.60 Å². The zero-order valence-electron chi connectivity index (χ0n) is 24.6. The molecule has 0 spiro atoms. The molecule has 0 radical (unpaired) electrons. The molecule has 0 bridgehead atoms. The predicted molar refractivity (Wildman–Crippen MR) is 156 cm³/mol. The molecule has 0 saturated heterocycles. The number of carboxylic acids is 1. The number of ether oxygens (including phenoxy) is 1. The van der Waals surface area contributed by atoms with E-state index in [-0.39, 0.29) is 11.5 Å². The van der Waals surface area contributed by atoms with Crippen molar-refractivity contribution in [3.63, 3.8) is 0 Å². The Balaban J connectivity index is 2.47. The Morgan fingerprint density at radius 2 is 1.45 bits per heavy atom. The lowest BCUT2D eigenvalue weighted by Gasteiger charge is -2.42. The van der Waals surface area contributed by atoms with Crippen LogP contribution < -0.4 is 5.32 Å². The van der Waals surface area contributed by atoms with Crippen LogP contribution in [0.15, 0.2) is 54.6 Å². The zero-order chi connectivity index (χ0) is 28.7. The summed E-state index contributed by atoms with van der Waals surface area (Å²) >= 11 is 0. The largest absolute Gasteiger partial charge is 0.481 e. The summed E-state index contributed by atoms with van der Waals surface area (Å²) in [5.74, 6) is -1.55. The van der Waals surface area contributed by atoms with Crippen LogP contribution in [-0.4, -0.2) is 43.2 Å². The lowest BCUT2D eigenvalue weighted by Crippen LogP contribution is -2.54. The Bertz CT molecular complexity index is 1040. The van der Waals surface area contributed by atoms with Gasteiger partial charge in [0.2, 0.25) is 0 Å². The molecule has 2 aromatic rings. The maximum atomic E-state index is 13.0. The number of carboxylic acid groups (broad SMARTS) is 1. The molecule has 0 saturated carbocycles. The second kappa shape index (κ2) is 12.9. The van der Waals surface area contributed by atoms with E-state index in [1.54, 1.807) is 0 Å². The molecule has 0 aliphatic rings. The van der Waals surface area contributed by atoms with Crippen LogP contribution in [-0.2, 0) is 26.8 Å². The summed E-state index contributed by atoms with van der Waals surface area (Å²) in [7, 11) is -2.33. The van der Waals surface area contributed by atoms with Crippen molar-refractivity contribution in [2.24, 2.45) is 5.92 Å². The van der Waals surface area contributed by atoms with Crippen molar-refractivity contribution < 1.29 is 23.9 Å². The fraction of sp³-hybridized carbons (Fsp3) is 0.548. The fourth-order valence-corrected chi connectivity index (χ4v) is 5.38. The van der Waals surface area contributed by atoms with Gasteiger partial charge in [0.25, 0.3) is 0 Å². The van der Waals surface area contributed by atoms with E-state index >= 15 is 0 Å². The summed E-state index contributed by atoms with van der Waals surface area (Å²) in [6.45, 7) is 18.3. The number of aliphatic carboxylic acids is 1. The second-order valence-corrected chi connectivity index (χ2v) is 17.6. The minimum atomic E-state index is -2.33. The number of aryl methyl sites for hydroxylation is 1. The first-order chi connectivity index (χ1) is 17.5. The molecule has 38 heavy (non-hydrogen) atoms. The van der Waals surface area contributed by atoms with Gasteiger partial charge in [0.05, 0.1) is 18.1 Å². The van der Waals surface area contributed by atoms with Crippen molar-refractivity contribution in [3.8, 4) is 0 Å². The van der Waals surface area contributed by atoms with Crippen LogP contribution in [0.25, 0.3) is 0 Å². The quantitative estimate of drug-likeness (QED) is 0.295. The highest BCUT2D eigenvalue weighted by atomic mass is 28.4. The highest BCUT2D eigenvalue weighted by molar-refractivity contribution is 6.74. The van der Waals surface area contributed by atoms with Gasteiger partial charge in [-0.3, -0.25) is 4.79 Å². The molecule has 1 amide bonds. The van der Waals surface area contributed by atoms with Crippen LogP contribution in [0.5, 0.6) is 0 Å². The van der Waals surface area contributed by atoms with E-state index in [9.17, 15) is 14.7 Å². The van der Waals surface area contributed by atoms with E-state index < -0.39 is 44.0 Å². The lowest BCUT2D eigenvalue weighted by atomic mass is 9.89. The van der Waals surface area contributed by atoms with Crippen LogP contribution in [0.4, 0.5) is 4.79 Å². The number of carbonyl (C=O) groups excluding carboxylic acids is 1. The molecular formula is C31H47NO5Si. The molecule has 7 heteroatoms. The SMILES string of the molecule is Cc1ccc(C[C@H](C[C@H](O[Si](C)(C)C(C)(C)C)[C@H](Cc2ccccc2)NC(=O)OC(C)(C)C)C(=O)O)cc1. The average Bonchev–Trinajstić information content (AvgIpc) is 2.77. The Labute approximate surface area is 230 Å². The van der Waals surface area contributed by atoms with Crippen LogP contribution in [0.3, 0.4) is 0 Å². The average molecular weight is 542 g/mol. The molecule has 0 heterocycles. The van der Waals surface area contributed by atoms with Crippen molar-refractivity contribution >= 4 is 20.4 Å². The molecule has 3 atom stereocenters. The molecule has 0 fully saturated rings. The van der Waals surface area contributed by atoms with Crippen molar-refractivity contribution in [1.82, 2.24) is 5.32 Å². The van der Waals surface area contributed by atoms with Crippen LogP contribution in [0.2, 0.25) is 18.1 Å². The standard InChI is InChI=1S/C31H47NO5Si/c1-22-15-17-24(18-16-22)19-25(28(33)34)21-27(37-38(8,9)31(5,6)7)26(20-23-13-11-10-12-14-23)32-29(35)36-30(2,3)4/h10-18,25-27H,19-21H2,1-9H3,(H,32,35)(H,33,34)/t25-,26+,27+/m1/s1. The Morgan fingerprint density at radius 1 is 0.895 bits per heavy atom. The van der Waals surface area contributed by atoms with Gasteiger partial charge in [-0.05, 0) is 76.2 Å². The van der Waals surface area contributed by atoms with Gasteiger partial charge in [-0.2, -0.15) is 0 Å². The van der Waals surface area contributed by atoms with Crippen LogP contribution in [0, 0.1) is 12.8 Å². The van der Waals surface area contributed by atoms with Crippen LogP contribution in [0.1, 0.15) is 64.7 Å². The summed E-state index contributed by atoms with van der Waals surface area (Å²) < 4.78 is 12.5. The van der Waals surface area contributed by atoms with Gasteiger partial charge in [-0.25, -0.2) is 4.79 Å². The fourth-order valence-electron chi connectivity index (χ4n) is 4.01. The number of alkyl carbamates (subject to hydrolysis) is 1. The highest BCUT2D eigenvalue weighted by Crippen LogP contribution is 2.39.